The number of Topliss-reactive ketones (excluding diaryl/α,β-unsaturated/α-hetero) is 1. The van der Waals surface area contributed by atoms with E-state index in [1.807, 2.05) is 60.7 Å². The largest absolute Gasteiger partial charge is 0.485 e. The summed E-state index contributed by atoms with van der Waals surface area (Å²) in [7, 11) is 0. The molecule has 0 aliphatic carbocycles. The first-order valence-electron chi connectivity index (χ1n) is 7.20. The molecule has 2 aromatic carbocycles. The van der Waals surface area contributed by atoms with Crippen LogP contribution in [0.25, 0.3) is 12.2 Å². The molecule has 0 aromatic heterocycles. The van der Waals surface area contributed by atoms with Crippen LogP contribution in [0, 0.1) is 0 Å². The van der Waals surface area contributed by atoms with Crippen LogP contribution in [-0.4, -0.2) is 5.78 Å². The molecular formula is C19H14O3. The number of benzene rings is 2. The summed E-state index contributed by atoms with van der Waals surface area (Å²) in [4.78, 5) is 13.0. The van der Waals surface area contributed by atoms with Crippen molar-refractivity contribution in [3.05, 3.63) is 83.3 Å². The van der Waals surface area contributed by atoms with Gasteiger partial charge in [0.15, 0.2) is 12.2 Å². The highest BCUT2D eigenvalue weighted by Gasteiger charge is 2.35. The summed E-state index contributed by atoms with van der Waals surface area (Å²) in [5.41, 5.74) is 3.77. The van der Waals surface area contributed by atoms with Gasteiger partial charge in [0.25, 0.3) is 0 Å². The number of ketones is 1. The number of carbonyl (C=O) groups is 1. The molecule has 3 heteroatoms. The highest BCUT2D eigenvalue weighted by atomic mass is 16.5. The third kappa shape index (κ3) is 2.02. The average Bonchev–Trinajstić information content (AvgIpc) is 2.60. The summed E-state index contributed by atoms with van der Waals surface area (Å²) in [6.07, 6.45) is 5.63. The van der Waals surface area contributed by atoms with E-state index in [1.54, 1.807) is 12.5 Å². The quantitative estimate of drug-likeness (QED) is 0.837. The van der Waals surface area contributed by atoms with Gasteiger partial charge in [0, 0.05) is 11.1 Å². The van der Waals surface area contributed by atoms with Crippen molar-refractivity contribution >= 4 is 17.9 Å². The molecular weight excluding hydrogens is 276 g/mol. The van der Waals surface area contributed by atoms with Crippen LogP contribution in [0.3, 0.4) is 0 Å². The van der Waals surface area contributed by atoms with Crippen molar-refractivity contribution < 1.29 is 14.3 Å². The molecule has 4 rings (SSSR count). The number of fused-ring (bicyclic) bond motifs is 2. The molecule has 108 valence electrons. The zero-order chi connectivity index (χ0) is 14.9. The van der Waals surface area contributed by atoms with Gasteiger partial charge in [0.05, 0.1) is 12.5 Å². The third-order valence-electron chi connectivity index (χ3n) is 4.00. The van der Waals surface area contributed by atoms with E-state index in [2.05, 4.69) is 0 Å². The normalized spacial score (nSPS) is 21.3. The molecule has 2 atom stereocenters. The Labute approximate surface area is 128 Å². The number of carbonyl (C=O) groups excluding carboxylic acids is 1. The maximum Gasteiger partial charge on any atom is 0.222 e. The minimum Gasteiger partial charge on any atom is -0.485 e. The van der Waals surface area contributed by atoms with Gasteiger partial charge in [-0.25, -0.2) is 0 Å². The second-order valence-electron chi connectivity index (χ2n) is 5.30. The fourth-order valence-corrected chi connectivity index (χ4v) is 2.91. The molecule has 2 aliphatic heterocycles. The molecule has 0 bridgehead atoms. The molecule has 0 spiro atoms. The van der Waals surface area contributed by atoms with Crippen LogP contribution < -0.4 is 0 Å². The summed E-state index contributed by atoms with van der Waals surface area (Å²) < 4.78 is 11.2. The standard InChI is InChI=1S/C19H14O3/c20-17(18-15-7-3-1-5-13(15)9-11-21-18)19-16-8-4-2-6-14(16)10-12-22-19/h1-12,18-19H. The molecule has 2 aliphatic rings. The van der Waals surface area contributed by atoms with E-state index in [9.17, 15) is 4.79 Å². The van der Waals surface area contributed by atoms with E-state index >= 15 is 0 Å². The maximum atomic E-state index is 13.0. The van der Waals surface area contributed by atoms with Crippen LogP contribution in [0.15, 0.2) is 61.1 Å². The predicted molar refractivity (Wildman–Crippen MR) is 83.6 cm³/mol. The Balaban J connectivity index is 1.72. The van der Waals surface area contributed by atoms with Crippen molar-refractivity contribution in [2.45, 2.75) is 12.2 Å². The lowest BCUT2D eigenvalue weighted by atomic mass is 9.90. The monoisotopic (exact) mass is 290 g/mol. The van der Waals surface area contributed by atoms with Crippen molar-refractivity contribution in [3.63, 3.8) is 0 Å². The molecule has 0 fully saturated rings. The molecule has 0 saturated heterocycles. The second kappa shape index (κ2) is 5.19. The van der Waals surface area contributed by atoms with Crippen LogP contribution in [0.5, 0.6) is 0 Å². The zero-order valence-electron chi connectivity index (χ0n) is 11.8. The molecule has 0 radical (unpaired) electrons. The van der Waals surface area contributed by atoms with Gasteiger partial charge >= 0.3 is 0 Å². The SMILES string of the molecule is O=C(C1OC=Cc2ccccc21)C1OC=Cc2ccccc21. The predicted octanol–water partition coefficient (Wildman–Crippen LogP) is 4.04. The van der Waals surface area contributed by atoms with Gasteiger partial charge in [0.2, 0.25) is 5.78 Å². The Morgan fingerprint density at radius 2 is 1.18 bits per heavy atom. The number of hydrogen-bond donors (Lipinski definition) is 0. The lowest BCUT2D eigenvalue weighted by Gasteiger charge is -2.27. The van der Waals surface area contributed by atoms with Gasteiger partial charge in [0.1, 0.15) is 0 Å². The molecule has 2 unspecified atom stereocenters. The lowest BCUT2D eigenvalue weighted by molar-refractivity contribution is -0.137. The van der Waals surface area contributed by atoms with E-state index in [-0.39, 0.29) is 5.78 Å². The third-order valence-corrected chi connectivity index (χ3v) is 4.00. The van der Waals surface area contributed by atoms with Crippen molar-refractivity contribution in [2.24, 2.45) is 0 Å². The van der Waals surface area contributed by atoms with Crippen molar-refractivity contribution in [1.82, 2.24) is 0 Å². The van der Waals surface area contributed by atoms with E-state index in [0.29, 0.717) is 0 Å². The van der Waals surface area contributed by atoms with E-state index in [0.717, 1.165) is 22.3 Å². The van der Waals surface area contributed by atoms with E-state index < -0.39 is 12.2 Å². The summed E-state index contributed by atoms with van der Waals surface area (Å²) in [5.74, 6) is -0.0893. The molecule has 22 heavy (non-hydrogen) atoms. The van der Waals surface area contributed by atoms with Gasteiger partial charge in [-0.15, -0.1) is 0 Å². The van der Waals surface area contributed by atoms with Gasteiger partial charge in [-0.1, -0.05) is 48.5 Å². The minimum absolute atomic E-state index is 0.0893. The van der Waals surface area contributed by atoms with Crippen LogP contribution in [0.1, 0.15) is 34.5 Å². The van der Waals surface area contributed by atoms with Crippen molar-refractivity contribution in [3.8, 4) is 0 Å². The summed E-state index contributed by atoms with van der Waals surface area (Å²) in [6, 6.07) is 15.5. The van der Waals surface area contributed by atoms with E-state index in [1.165, 1.54) is 0 Å². The molecule has 0 N–H and O–H groups in total. The lowest BCUT2D eigenvalue weighted by Crippen LogP contribution is -2.26. The van der Waals surface area contributed by atoms with Crippen molar-refractivity contribution in [1.29, 1.82) is 0 Å². The highest BCUT2D eigenvalue weighted by Crippen LogP contribution is 2.36. The smallest absolute Gasteiger partial charge is 0.222 e. The first-order chi connectivity index (χ1) is 10.8. The van der Waals surface area contributed by atoms with Crippen LogP contribution >= 0.6 is 0 Å². The van der Waals surface area contributed by atoms with Gasteiger partial charge in [-0.3, -0.25) is 4.79 Å². The van der Waals surface area contributed by atoms with Gasteiger partial charge < -0.3 is 9.47 Å². The number of ether oxygens (including phenoxy) is 2. The van der Waals surface area contributed by atoms with Crippen LogP contribution in [-0.2, 0) is 14.3 Å². The second-order valence-corrected chi connectivity index (χ2v) is 5.30. The first kappa shape index (κ1) is 12.9. The highest BCUT2D eigenvalue weighted by molar-refractivity contribution is 5.92. The summed E-state index contributed by atoms with van der Waals surface area (Å²) in [5, 5.41) is 0. The molecule has 2 aromatic rings. The average molecular weight is 290 g/mol. The molecule has 0 saturated carbocycles. The van der Waals surface area contributed by atoms with Gasteiger partial charge in [-0.05, 0) is 23.3 Å². The molecule has 2 heterocycles. The molecule has 3 nitrogen and oxygen atoms in total. The first-order valence-corrected chi connectivity index (χ1v) is 7.20. The maximum absolute atomic E-state index is 13.0. The Morgan fingerprint density at radius 1 is 0.727 bits per heavy atom. The Kier molecular flexibility index (Phi) is 3.04. The van der Waals surface area contributed by atoms with Crippen LogP contribution in [0.2, 0.25) is 0 Å². The van der Waals surface area contributed by atoms with Gasteiger partial charge in [-0.2, -0.15) is 0 Å². The fraction of sp³-hybridized carbons (Fsp3) is 0.105. The summed E-state index contributed by atoms with van der Waals surface area (Å²) in [6.45, 7) is 0. The number of hydrogen-bond acceptors (Lipinski definition) is 3. The minimum atomic E-state index is -0.634. The fourth-order valence-electron chi connectivity index (χ4n) is 2.91. The zero-order valence-corrected chi connectivity index (χ0v) is 11.8. The topological polar surface area (TPSA) is 35.5 Å². The molecule has 0 amide bonds. The Hall–Kier alpha value is -2.81. The van der Waals surface area contributed by atoms with Crippen molar-refractivity contribution in [2.75, 3.05) is 0 Å². The Morgan fingerprint density at radius 3 is 1.68 bits per heavy atom. The summed E-state index contributed by atoms with van der Waals surface area (Å²) >= 11 is 0. The number of rotatable bonds is 2. The van der Waals surface area contributed by atoms with Crippen LogP contribution in [0.4, 0.5) is 0 Å². The Bertz CT molecular complexity index is 723. The van der Waals surface area contributed by atoms with E-state index in [4.69, 9.17) is 9.47 Å².